The maximum atomic E-state index is 10.6. The van der Waals surface area contributed by atoms with Crippen molar-refractivity contribution in [2.75, 3.05) is 18.0 Å². The van der Waals surface area contributed by atoms with Crippen molar-refractivity contribution in [1.82, 2.24) is 10.2 Å². The molecule has 0 aliphatic rings. The van der Waals surface area contributed by atoms with Crippen LogP contribution in [0.3, 0.4) is 0 Å². The monoisotopic (exact) mass is 255 g/mol. The molecule has 17 heavy (non-hydrogen) atoms. The van der Waals surface area contributed by atoms with Crippen molar-refractivity contribution in [2.24, 2.45) is 0 Å². The number of aromatic nitrogens is 2. The van der Waals surface area contributed by atoms with Crippen LogP contribution in [0.15, 0.2) is 12.2 Å². The molecular formula is C11H17N3O2S. The van der Waals surface area contributed by atoms with Gasteiger partial charge in [0, 0.05) is 13.1 Å². The van der Waals surface area contributed by atoms with Crippen LogP contribution in [0.5, 0.6) is 0 Å². The van der Waals surface area contributed by atoms with Crippen LogP contribution >= 0.6 is 11.3 Å². The molecule has 5 nitrogen and oxygen atoms in total. The quantitative estimate of drug-likeness (QED) is 0.754. The molecule has 0 saturated heterocycles. The zero-order valence-corrected chi connectivity index (χ0v) is 11.0. The van der Waals surface area contributed by atoms with Crippen molar-refractivity contribution < 1.29 is 9.90 Å². The van der Waals surface area contributed by atoms with Crippen LogP contribution < -0.4 is 4.90 Å². The number of carboxylic acid groups (broad SMARTS) is 1. The molecule has 6 heteroatoms. The van der Waals surface area contributed by atoms with E-state index in [1.807, 2.05) is 18.7 Å². The fourth-order valence-electron chi connectivity index (χ4n) is 1.31. The molecule has 0 atom stereocenters. The Bertz CT molecular complexity index is 403. The Labute approximate surface area is 105 Å². The molecule has 1 rings (SSSR count). The summed E-state index contributed by atoms with van der Waals surface area (Å²) in [5.41, 5.74) is 0.976. The highest BCUT2D eigenvalue weighted by Crippen LogP contribution is 2.21. The first-order valence-electron chi connectivity index (χ1n) is 5.46. The molecule has 0 unspecified atom stereocenters. The predicted molar refractivity (Wildman–Crippen MR) is 68.6 cm³/mol. The van der Waals surface area contributed by atoms with Gasteiger partial charge in [0.15, 0.2) is 0 Å². The fraction of sp³-hybridized carbons (Fsp3) is 0.545. The molecule has 0 saturated carbocycles. The zero-order chi connectivity index (χ0) is 12.8. The van der Waals surface area contributed by atoms with Gasteiger partial charge >= 0.3 is 5.97 Å². The third kappa shape index (κ3) is 4.52. The minimum absolute atomic E-state index is 0.0916. The standard InChI is InChI=1S/C11H17N3O2S/c1-4-9-12-13-11(17-9)14(7-8(2)3)6-5-10(15)16/h2,4-7H2,1,3H3,(H,15,16). The van der Waals surface area contributed by atoms with Crippen molar-refractivity contribution in [3.63, 3.8) is 0 Å². The van der Waals surface area contributed by atoms with Gasteiger partial charge < -0.3 is 10.0 Å². The summed E-state index contributed by atoms with van der Waals surface area (Å²) in [7, 11) is 0. The van der Waals surface area contributed by atoms with Gasteiger partial charge in [-0.3, -0.25) is 4.79 Å². The largest absolute Gasteiger partial charge is 0.481 e. The molecule has 0 spiro atoms. The number of aryl methyl sites for hydroxylation is 1. The van der Waals surface area contributed by atoms with Crippen LogP contribution in [0.2, 0.25) is 0 Å². The summed E-state index contributed by atoms with van der Waals surface area (Å²) >= 11 is 1.50. The van der Waals surface area contributed by atoms with Crippen LogP contribution in [-0.2, 0) is 11.2 Å². The lowest BCUT2D eigenvalue weighted by Crippen LogP contribution is -2.27. The molecule has 0 radical (unpaired) electrons. The number of anilines is 1. The summed E-state index contributed by atoms with van der Waals surface area (Å²) in [6, 6.07) is 0. The smallest absolute Gasteiger partial charge is 0.305 e. The first-order valence-corrected chi connectivity index (χ1v) is 6.28. The number of nitrogens with zero attached hydrogens (tertiary/aromatic N) is 3. The van der Waals surface area contributed by atoms with Crippen LogP contribution in [0.4, 0.5) is 5.13 Å². The van der Waals surface area contributed by atoms with Gasteiger partial charge in [-0.25, -0.2) is 0 Å². The van der Waals surface area contributed by atoms with Crippen molar-refractivity contribution in [2.45, 2.75) is 26.7 Å². The average Bonchev–Trinajstić information content (AvgIpc) is 2.71. The number of hydrogen-bond donors (Lipinski definition) is 1. The second-order valence-electron chi connectivity index (χ2n) is 3.85. The second kappa shape index (κ2) is 6.34. The minimum atomic E-state index is -0.808. The highest BCUT2D eigenvalue weighted by atomic mass is 32.1. The van der Waals surface area contributed by atoms with Gasteiger partial charge in [-0.05, 0) is 13.3 Å². The Hall–Kier alpha value is -1.43. The van der Waals surface area contributed by atoms with E-state index in [0.29, 0.717) is 13.1 Å². The van der Waals surface area contributed by atoms with Gasteiger partial charge in [-0.15, -0.1) is 10.2 Å². The van der Waals surface area contributed by atoms with Gasteiger partial charge in [0.25, 0.3) is 0 Å². The molecule has 1 aromatic heterocycles. The zero-order valence-electron chi connectivity index (χ0n) is 10.1. The molecule has 0 aliphatic carbocycles. The van der Waals surface area contributed by atoms with Crippen LogP contribution in [0.1, 0.15) is 25.3 Å². The van der Waals surface area contributed by atoms with E-state index in [0.717, 1.165) is 22.1 Å². The maximum absolute atomic E-state index is 10.6. The van der Waals surface area contributed by atoms with E-state index < -0.39 is 5.97 Å². The van der Waals surface area contributed by atoms with E-state index in [4.69, 9.17) is 5.11 Å². The molecule has 94 valence electrons. The van der Waals surface area contributed by atoms with Crippen molar-refractivity contribution in [1.29, 1.82) is 0 Å². The molecule has 0 fully saturated rings. The lowest BCUT2D eigenvalue weighted by atomic mass is 10.3. The van der Waals surface area contributed by atoms with Crippen LogP contribution in [0.25, 0.3) is 0 Å². The summed E-state index contributed by atoms with van der Waals surface area (Å²) in [5.74, 6) is -0.808. The molecule has 1 aromatic rings. The number of rotatable bonds is 7. The molecule has 0 aliphatic heterocycles. The highest BCUT2D eigenvalue weighted by molar-refractivity contribution is 7.15. The molecule has 1 heterocycles. The van der Waals surface area contributed by atoms with Gasteiger partial charge in [0.2, 0.25) is 5.13 Å². The average molecular weight is 255 g/mol. The lowest BCUT2D eigenvalue weighted by molar-refractivity contribution is -0.136. The Morgan fingerprint density at radius 1 is 1.53 bits per heavy atom. The number of carbonyl (C=O) groups is 1. The second-order valence-corrected chi connectivity index (χ2v) is 4.89. The Balaban J connectivity index is 2.73. The van der Waals surface area contributed by atoms with Crippen molar-refractivity contribution >= 4 is 22.4 Å². The SMILES string of the molecule is C=C(C)CN(CCC(=O)O)c1nnc(CC)s1. The Kier molecular flexibility index (Phi) is 5.09. The third-order valence-electron chi connectivity index (χ3n) is 2.09. The predicted octanol–water partition coefficient (Wildman–Crippen LogP) is 1.96. The minimum Gasteiger partial charge on any atom is -0.481 e. The Morgan fingerprint density at radius 2 is 2.24 bits per heavy atom. The maximum Gasteiger partial charge on any atom is 0.305 e. The number of carboxylic acids is 1. The van der Waals surface area contributed by atoms with Gasteiger partial charge in [0.1, 0.15) is 5.01 Å². The first-order chi connectivity index (χ1) is 8.02. The summed E-state index contributed by atoms with van der Waals surface area (Å²) in [5, 5.41) is 18.6. The van der Waals surface area contributed by atoms with Crippen molar-refractivity contribution in [3.05, 3.63) is 17.2 Å². The molecule has 1 N–H and O–H groups in total. The molecular weight excluding hydrogens is 238 g/mol. The van der Waals surface area contributed by atoms with Gasteiger partial charge in [-0.2, -0.15) is 0 Å². The highest BCUT2D eigenvalue weighted by Gasteiger charge is 2.13. The Morgan fingerprint density at radius 3 is 2.71 bits per heavy atom. The van der Waals surface area contributed by atoms with E-state index in [2.05, 4.69) is 16.8 Å². The van der Waals surface area contributed by atoms with Gasteiger partial charge in [-0.1, -0.05) is 30.4 Å². The molecule has 0 amide bonds. The summed E-state index contributed by atoms with van der Waals surface area (Å²) in [6.45, 7) is 8.82. The lowest BCUT2D eigenvalue weighted by Gasteiger charge is -2.20. The number of aliphatic carboxylic acids is 1. The topological polar surface area (TPSA) is 66.3 Å². The molecule has 0 aromatic carbocycles. The van der Waals surface area contributed by atoms with E-state index in [1.165, 1.54) is 11.3 Å². The van der Waals surface area contributed by atoms with Gasteiger partial charge in [0.05, 0.1) is 6.42 Å². The summed E-state index contributed by atoms with van der Waals surface area (Å²) in [6.07, 6.45) is 0.936. The van der Waals surface area contributed by atoms with Crippen LogP contribution in [0, 0.1) is 0 Å². The third-order valence-corrected chi connectivity index (χ3v) is 3.21. The van der Waals surface area contributed by atoms with E-state index in [9.17, 15) is 4.79 Å². The van der Waals surface area contributed by atoms with E-state index in [-0.39, 0.29) is 6.42 Å². The first kappa shape index (κ1) is 13.6. The summed E-state index contributed by atoms with van der Waals surface area (Å²) in [4.78, 5) is 12.5. The fourth-order valence-corrected chi connectivity index (χ4v) is 2.12. The molecule has 0 bridgehead atoms. The number of hydrogen-bond acceptors (Lipinski definition) is 5. The summed E-state index contributed by atoms with van der Waals surface area (Å²) < 4.78 is 0. The van der Waals surface area contributed by atoms with Crippen molar-refractivity contribution in [3.8, 4) is 0 Å². The van der Waals surface area contributed by atoms with E-state index >= 15 is 0 Å². The van der Waals surface area contributed by atoms with Crippen LogP contribution in [-0.4, -0.2) is 34.4 Å². The van der Waals surface area contributed by atoms with E-state index in [1.54, 1.807) is 0 Å². The normalized spacial score (nSPS) is 10.2.